The van der Waals surface area contributed by atoms with E-state index in [0.29, 0.717) is 0 Å². The third-order valence-corrected chi connectivity index (χ3v) is 4.23. The number of aromatic nitrogens is 2. The molecule has 0 unspecified atom stereocenters. The number of benzene rings is 1. The number of alkyl halides is 3. The third-order valence-electron chi connectivity index (χ3n) is 3.94. The standard InChI is InChI=1S/C15H11ClF5N3O/c16-9-1-2-10(17)8(12(9)18)5-24-4-3-7-11(6-24)22-14(15(19,20)21)23-13(7)25/h1-2H,3-6H2,(H,22,23,25). The highest BCUT2D eigenvalue weighted by molar-refractivity contribution is 6.30. The monoisotopic (exact) mass is 379 g/mol. The number of nitrogens with zero attached hydrogens (tertiary/aromatic N) is 2. The summed E-state index contributed by atoms with van der Waals surface area (Å²) in [4.78, 5) is 18.5. The molecule has 25 heavy (non-hydrogen) atoms. The van der Waals surface area contributed by atoms with Crippen molar-refractivity contribution in [3.8, 4) is 0 Å². The first-order valence-electron chi connectivity index (χ1n) is 7.21. The highest BCUT2D eigenvalue weighted by Gasteiger charge is 2.36. The molecule has 1 N–H and O–H groups in total. The number of fused-ring (bicyclic) bond motifs is 1. The molecule has 134 valence electrons. The largest absolute Gasteiger partial charge is 0.449 e. The van der Waals surface area contributed by atoms with Crippen molar-refractivity contribution in [2.24, 2.45) is 0 Å². The lowest BCUT2D eigenvalue weighted by molar-refractivity contribution is -0.145. The zero-order valence-corrected chi connectivity index (χ0v) is 13.3. The highest BCUT2D eigenvalue weighted by Crippen LogP contribution is 2.28. The van der Waals surface area contributed by atoms with Crippen LogP contribution in [0, 0.1) is 11.6 Å². The molecule has 1 aromatic carbocycles. The van der Waals surface area contributed by atoms with Crippen LogP contribution in [0.5, 0.6) is 0 Å². The van der Waals surface area contributed by atoms with Crippen molar-refractivity contribution in [2.45, 2.75) is 25.7 Å². The molecule has 1 aliphatic heterocycles. The number of halogens is 6. The normalized spacial score (nSPS) is 15.3. The second-order valence-electron chi connectivity index (χ2n) is 5.62. The molecule has 0 bridgehead atoms. The maximum atomic E-state index is 14.0. The molecule has 0 radical (unpaired) electrons. The van der Waals surface area contributed by atoms with Gasteiger partial charge in [-0.3, -0.25) is 9.69 Å². The lowest BCUT2D eigenvalue weighted by Crippen LogP contribution is -2.36. The lowest BCUT2D eigenvalue weighted by Gasteiger charge is -2.28. The van der Waals surface area contributed by atoms with E-state index >= 15 is 0 Å². The summed E-state index contributed by atoms with van der Waals surface area (Å²) in [5, 5.41) is -0.247. The minimum atomic E-state index is -4.79. The summed E-state index contributed by atoms with van der Waals surface area (Å²) in [6.07, 6.45) is -4.67. The van der Waals surface area contributed by atoms with E-state index in [1.165, 1.54) is 4.90 Å². The van der Waals surface area contributed by atoms with Crippen molar-refractivity contribution in [1.82, 2.24) is 14.9 Å². The van der Waals surface area contributed by atoms with Crippen LogP contribution in [0.25, 0.3) is 0 Å². The number of H-pyrrole nitrogens is 1. The Morgan fingerprint density at radius 3 is 2.68 bits per heavy atom. The molecule has 1 aliphatic rings. The number of rotatable bonds is 2. The van der Waals surface area contributed by atoms with E-state index in [2.05, 4.69) is 4.98 Å². The van der Waals surface area contributed by atoms with Crippen molar-refractivity contribution in [3.63, 3.8) is 0 Å². The summed E-state index contributed by atoms with van der Waals surface area (Å²) in [6.45, 7) is -0.0876. The average Bonchev–Trinajstić information content (AvgIpc) is 2.54. The maximum absolute atomic E-state index is 14.0. The van der Waals surface area contributed by atoms with Gasteiger partial charge in [0.2, 0.25) is 5.82 Å². The number of aromatic amines is 1. The van der Waals surface area contributed by atoms with Crippen LogP contribution in [0.15, 0.2) is 16.9 Å². The Kier molecular flexibility index (Phi) is 4.54. The van der Waals surface area contributed by atoms with E-state index in [-0.39, 0.29) is 47.9 Å². The Balaban J connectivity index is 1.90. The molecular formula is C15H11ClF5N3O. The topological polar surface area (TPSA) is 49.0 Å². The Morgan fingerprint density at radius 2 is 2.00 bits per heavy atom. The third kappa shape index (κ3) is 3.52. The zero-order chi connectivity index (χ0) is 18.4. The summed E-state index contributed by atoms with van der Waals surface area (Å²) >= 11 is 5.63. The van der Waals surface area contributed by atoms with Crippen LogP contribution in [0.3, 0.4) is 0 Å². The van der Waals surface area contributed by atoms with Crippen LogP contribution in [0.1, 0.15) is 22.6 Å². The SMILES string of the molecule is O=c1[nH]c(C(F)(F)F)nc2c1CCN(Cc1c(F)ccc(Cl)c1F)C2. The van der Waals surface area contributed by atoms with E-state index < -0.39 is 29.2 Å². The van der Waals surface area contributed by atoms with Gasteiger partial charge in [0, 0.05) is 30.8 Å². The molecule has 10 heteroatoms. The van der Waals surface area contributed by atoms with E-state index in [0.717, 1.165) is 12.1 Å². The fourth-order valence-corrected chi connectivity index (χ4v) is 2.88. The molecular weight excluding hydrogens is 369 g/mol. The molecule has 0 saturated carbocycles. The van der Waals surface area contributed by atoms with Gasteiger partial charge in [-0.2, -0.15) is 13.2 Å². The van der Waals surface area contributed by atoms with Crippen LogP contribution in [-0.2, 0) is 25.7 Å². The lowest BCUT2D eigenvalue weighted by atomic mass is 10.1. The Labute approximate surface area is 143 Å². The second kappa shape index (κ2) is 6.38. The van der Waals surface area contributed by atoms with E-state index in [1.54, 1.807) is 4.98 Å². The number of nitrogens with one attached hydrogen (secondary N) is 1. The van der Waals surface area contributed by atoms with Gasteiger partial charge >= 0.3 is 6.18 Å². The molecule has 0 atom stereocenters. The summed E-state index contributed by atoms with van der Waals surface area (Å²) in [5.74, 6) is -3.11. The minimum absolute atomic E-state index is 0.0508. The molecule has 0 spiro atoms. The number of hydrogen-bond donors (Lipinski definition) is 1. The maximum Gasteiger partial charge on any atom is 0.449 e. The van der Waals surface area contributed by atoms with Crippen LogP contribution in [0.4, 0.5) is 22.0 Å². The Hall–Kier alpha value is -2.00. The Bertz CT molecular complexity index is 881. The highest BCUT2D eigenvalue weighted by atomic mass is 35.5. The molecule has 3 rings (SSSR count). The predicted octanol–water partition coefficient (Wildman–Crippen LogP) is 3.28. The zero-order valence-electron chi connectivity index (χ0n) is 12.6. The first-order chi connectivity index (χ1) is 11.7. The summed E-state index contributed by atoms with van der Waals surface area (Å²) < 4.78 is 66.1. The predicted molar refractivity (Wildman–Crippen MR) is 79.0 cm³/mol. The van der Waals surface area contributed by atoms with Gasteiger partial charge in [0.1, 0.15) is 11.6 Å². The first-order valence-corrected chi connectivity index (χ1v) is 7.58. The van der Waals surface area contributed by atoms with Crippen molar-refractivity contribution in [2.75, 3.05) is 6.54 Å². The summed E-state index contributed by atoms with van der Waals surface area (Å²) in [6, 6.07) is 2.10. The van der Waals surface area contributed by atoms with Crippen molar-refractivity contribution >= 4 is 11.6 Å². The van der Waals surface area contributed by atoms with Gasteiger partial charge in [-0.15, -0.1) is 0 Å². The smallest absolute Gasteiger partial charge is 0.303 e. The van der Waals surface area contributed by atoms with Crippen molar-refractivity contribution in [3.05, 3.63) is 61.8 Å². The molecule has 4 nitrogen and oxygen atoms in total. The summed E-state index contributed by atoms with van der Waals surface area (Å²) in [7, 11) is 0. The molecule has 2 heterocycles. The van der Waals surface area contributed by atoms with Crippen molar-refractivity contribution in [1.29, 1.82) is 0 Å². The molecule has 0 fully saturated rings. The van der Waals surface area contributed by atoms with Gasteiger partial charge < -0.3 is 4.98 Å². The van der Waals surface area contributed by atoms with Gasteiger partial charge in [0.15, 0.2) is 0 Å². The van der Waals surface area contributed by atoms with Gasteiger partial charge in [-0.05, 0) is 18.6 Å². The number of hydrogen-bond acceptors (Lipinski definition) is 3. The molecule has 2 aromatic rings. The van der Waals surface area contributed by atoms with Gasteiger partial charge in [0.25, 0.3) is 5.56 Å². The van der Waals surface area contributed by atoms with Crippen LogP contribution >= 0.6 is 11.6 Å². The van der Waals surface area contributed by atoms with E-state index in [1.807, 2.05) is 0 Å². The van der Waals surface area contributed by atoms with Gasteiger partial charge in [-0.25, -0.2) is 13.8 Å². The van der Waals surface area contributed by atoms with Crippen LogP contribution in [0.2, 0.25) is 5.02 Å². The van der Waals surface area contributed by atoms with Crippen LogP contribution < -0.4 is 5.56 Å². The summed E-state index contributed by atoms with van der Waals surface area (Å²) in [5.41, 5.74) is -1.03. The van der Waals surface area contributed by atoms with Gasteiger partial charge in [0.05, 0.1) is 10.7 Å². The fraction of sp³-hybridized carbons (Fsp3) is 0.333. The molecule has 1 aromatic heterocycles. The van der Waals surface area contributed by atoms with Gasteiger partial charge in [-0.1, -0.05) is 11.6 Å². The fourth-order valence-electron chi connectivity index (χ4n) is 2.70. The average molecular weight is 380 g/mol. The Morgan fingerprint density at radius 1 is 1.28 bits per heavy atom. The second-order valence-corrected chi connectivity index (χ2v) is 6.03. The minimum Gasteiger partial charge on any atom is -0.303 e. The van der Waals surface area contributed by atoms with E-state index in [9.17, 15) is 26.7 Å². The van der Waals surface area contributed by atoms with E-state index in [4.69, 9.17) is 11.6 Å². The van der Waals surface area contributed by atoms with Crippen LogP contribution in [-0.4, -0.2) is 21.4 Å². The molecule has 0 amide bonds. The van der Waals surface area contributed by atoms with Crippen molar-refractivity contribution < 1.29 is 22.0 Å². The first kappa shape index (κ1) is 17.8. The quantitative estimate of drug-likeness (QED) is 0.643. The molecule has 0 saturated heterocycles. The molecule has 0 aliphatic carbocycles.